The smallest absolute Gasteiger partial charge is 0.310 e. The van der Waals surface area contributed by atoms with Crippen molar-refractivity contribution in [1.82, 2.24) is 5.06 Å². The summed E-state index contributed by atoms with van der Waals surface area (Å²) in [5.74, 6) is -4.16. The van der Waals surface area contributed by atoms with Crippen molar-refractivity contribution in [1.29, 1.82) is 0 Å². The summed E-state index contributed by atoms with van der Waals surface area (Å²) in [4.78, 5) is 40.2. The molecule has 1 saturated carbocycles. The van der Waals surface area contributed by atoms with Gasteiger partial charge in [-0.1, -0.05) is 0 Å². The number of ketones is 1. The van der Waals surface area contributed by atoms with E-state index in [1.54, 1.807) is 0 Å². The van der Waals surface area contributed by atoms with E-state index >= 15 is 0 Å². The highest BCUT2D eigenvalue weighted by Gasteiger charge is 2.53. The van der Waals surface area contributed by atoms with Gasteiger partial charge >= 0.3 is 5.97 Å². The first-order chi connectivity index (χ1) is 8.84. The largest absolute Gasteiger partial charge is 0.469 e. The van der Waals surface area contributed by atoms with Gasteiger partial charge in [-0.3, -0.25) is 19.2 Å². The number of hydrogen-bond donors (Lipinski definition) is 1. The molecule has 0 unspecified atom stereocenters. The lowest BCUT2D eigenvalue weighted by Gasteiger charge is -2.25. The van der Waals surface area contributed by atoms with Gasteiger partial charge in [0, 0.05) is 13.0 Å². The van der Waals surface area contributed by atoms with Crippen molar-refractivity contribution >= 4 is 17.7 Å². The third-order valence-corrected chi connectivity index (χ3v) is 3.60. The molecule has 4 atom stereocenters. The number of hydrogen-bond acceptors (Lipinski definition) is 6. The average Bonchev–Trinajstić information content (AvgIpc) is 2.73. The fourth-order valence-electron chi connectivity index (χ4n) is 2.53. The summed E-state index contributed by atoms with van der Waals surface area (Å²) < 4.78 is 4.64. The summed E-state index contributed by atoms with van der Waals surface area (Å²) in [6.45, 7) is 1.33. The van der Waals surface area contributed by atoms with E-state index in [4.69, 9.17) is 4.84 Å². The van der Waals surface area contributed by atoms with E-state index in [0.717, 1.165) is 5.06 Å². The van der Waals surface area contributed by atoms with E-state index in [9.17, 15) is 19.5 Å². The Morgan fingerprint density at radius 2 is 1.79 bits per heavy atom. The second-order valence-corrected chi connectivity index (χ2v) is 4.61. The third-order valence-electron chi connectivity index (χ3n) is 3.60. The second-order valence-electron chi connectivity index (χ2n) is 4.61. The Labute approximate surface area is 111 Å². The molecular formula is C12H19NO6. The minimum atomic E-state index is -1.07. The molecule has 7 nitrogen and oxygen atoms in total. The first-order valence-electron chi connectivity index (χ1n) is 5.93. The van der Waals surface area contributed by atoms with Crippen molar-refractivity contribution in [3.05, 3.63) is 0 Å². The van der Waals surface area contributed by atoms with Crippen LogP contribution in [0.15, 0.2) is 0 Å². The van der Waals surface area contributed by atoms with Gasteiger partial charge in [-0.15, -0.1) is 0 Å². The van der Waals surface area contributed by atoms with E-state index in [2.05, 4.69) is 4.74 Å². The predicted molar refractivity (Wildman–Crippen MR) is 63.6 cm³/mol. The first-order valence-corrected chi connectivity index (χ1v) is 5.93. The van der Waals surface area contributed by atoms with E-state index in [1.165, 1.54) is 28.2 Å². The maximum Gasteiger partial charge on any atom is 0.310 e. The molecule has 1 aliphatic rings. The second kappa shape index (κ2) is 6.12. The molecule has 1 N–H and O–H groups in total. The molecule has 1 aliphatic carbocycles. The standard InChI is InChI=1S/C12H19NO6/c1-6(14)7-5-8(15)10(9(7)12(17)18-3)11(16)13(2)19-4/h7-10,15H,5H2,1-4H3/t7-,8+,9-,10+/m0/s1. The number of esters is 1. The van der Waals surface area contributed by atoms with Gasteiger partial charge in [-0.05, 0) is 13.3 Å². The molecule has 1 rings (SSSR count). The van der Waals surface area contributed by atoms with E-state index in [-0.39, 0.29) is 12.2 Å². The SMILES string of the molecule is COC(=O)[C@@H]1[C@H](C(=O)N(C)OC)[C@H](O)C[C@H]1C(C)=O. The minimum absolute atomic E-state index is 0.0725. The van der Waals surface area contributed by atoms with Gasteiger partial charge in [-0.2, -0.15) is 0 Å². The quantitative estimate of drug-likeness (QED) is 0.542. The van der Waals surface area contributed by atoms with Crippen LogP contribution >= 0.6 is 0 Å². The van der Waals surface area contributed by atoms with Gasteiger partial charge in [0.25, 0.3) is 5.91 Å². The zero-order valence-corrected chi connectivity index (χ0v) is 11.5. The summed E-state index contributed by atoms with van der Waals surface area (Å²) in [5.41, 5.74) is 0. The predicted octanol–water partition coefficient (Wildman–Crippen LogP) is -0.619. The molecule has 0 bridgehead atoms. The first kappa shape index (κ1) is 15.6. The lowest BCUT2D eigenvalue weighted by Crippen LogP contribution is -2.42. The molecule has 7 heteroatoms. The Hall–Kier alpha value is -1.47. The molecule has 1 fully saturated rings. The molecule has 0 aromatic carbocycles. The Kier molecular flexibility index (Phi) is 5.02. The maximum atomic E-state index is 12.1. The molecule has 0 heterocycles. The zero-order chi connectivity index (χ0) is 14.7. The van der Waals surface area contributed by atoms with E-state index < -0.39 is 35.7 Å². The molecule has 0 spiro atoms. The number of amides is 1. The molecule has 0 aromatic rings. The van der Waals surface area contributed by atoms with Gasteiger partial charge in [0.2, 0.25) is 0 Å². The van der Waals surface area contributed by atoms with Gasteiger partial charge < -0.3 is 9.84 Å². The molecule has 0 radical (unpaired) electrons. The lowest BCUT2D eigenvalue weighted by molar-refractivity contribution is -0.180. The monoisotopic (exact) mass is 273 g/mol. The van der Waals surface area contributed by atoms with Gasteiger partial charge in [0.15, 0.2) is 0 Å². The fraction of sp³-hybridized carbons (Fsp3) is 0.750. The Balaban J connectivity index is 3.08. The highest BCUT2D eigenvalue weighted by molar-refractivity contribution is 5.91. The molecule has 108 valence electrons. The molecule has 0 aliphatic heterocycles. The summed E-state index contributed by atoms with van der Waals surface area (Å²) in [6, 6.07) is 0. The minimum Gasteiger partial charge on any atom is -0.469 e. The Morgan fingerprint density at radius 1 is 1.21 bits per heavy atom. The molecular weight excluding hydrogens is 254 g/mol. The number of aliphatic hydroxyl groups excluding tert-OH is 1. The van der Waals surface area contributed by atoms with Gasteiger partial charge in [0.1, 0.15) is 5.78 Å². The maximum absolute atomic E-state index is 12.1. The van der Waals surface area contributed by atoms with Crippen LogP contribution in [0, 0.1) is 17.8 Å². The fourth-order valence-corrected chi connectivity index (χ4v) is 2.53. The van der Waals surface area contributed by atoms with Gasteiger partial charge in [0.05, 0.1) is 32.2 Å². The van der Waals surface area contributed by atoms with Crippen molar-refractivity contribution in [3.8, 4) is 0 Å². The van der Waals surface area contributed by atoms with Crippen molar-refractivity contribution in [2.45, 2.75) is 19.4 Å². The summed E-state index contributed by atoms with van der Waals surface area (Å²) in [5, 5.41) is 10.9. The zero-order valence-electron chi connectivity index (χ0n) is 11.5. The molecule has 0 aromatic heterocycles. The Morgan fingerprint density at radius 3 is 2.21 bits per heavy atom. The highest BCUT2D eigenvalue weighted by Crippen LogP contribution is 2.39. The number of nitrogens with zero attached hydrogens (tertiary/aromatic N) is 1. The molecule has 19 heavy (non-hydrogen) atoms. The van der Waals surface area contributed by atoms with Crippen LogP contribution in [0.3, 0.4) is 0 Å². The number of ether oxygens (including phenoxy) is 1. The summed E-state index contributed by atoms with van der Waals surface area (Å²) >= 11 is 0. The lowest BCUT2D eigenvalue weighted by atomic mass is 9.86. The number of Topliss-reactive ketones (excluding diaryl/α,β-unsaturated/α-hetero) is 1. The van der Waals surface area contributed by atoms with E-state index in [0.29, 0.717) is 0 Å². The van der Waals surface area contributed by atoms with Crippen molar-refractivity contribution in [3.63, 3.8) is 0 Å². The number of rotatable bonds is 4. The van der Waals surface area contributed by atoms with Gasteiger partial charge in [-0.25, -0.2) is 5.06 Å². The number of hydroxylamine groups is 2. The van der Waals surface area contributed by atoms with Crippen molar-refractivity contribution < 1.29 is 29.1 Å². The van der Waals surface area contributed by atoms with Crippen LogP contribution < -0.4 is 0 Å². The average molecular weight is 273 g/mol. The normalized spacial score (nSPS) is 29.9. The number of carbonyl (C=O) groups is 3. The highest BCUT2D eigenvalue weighted by atomic mass is 16.7. The van der Waals surface area contributed by atoms with Crippen LogP contribution in [0.2, 0.25) is 0 Å². The Bertz CT molecular complexity index is 382. The third kappa shape index (κ3) is 2.93. The van der Waals surface area contributed by atoms with Crippen LogP contribution in [0.25, 0.3) is 0 Å². The topological polar surface area (TPSA) is 93.1 Å². The molecule has 1 amide bonds. The van der Waals surface area contributed by atoms with Crippen LogP contribution in [-0.4, -0.2) is 55.2 Å². The van der Waals surface area contributed by atoms with Crippen LogP contribution in [-0.2, 0) is 24.0 Å². The van der Waals surface area contributed by atoms with E-state index in [1.807, 2.05) is 0 Å². The van der Waals surface area contributed by atoms with Crippen molar-refractivity contribution in [2.24, 2.45) is 17.8 Å². The molecule has 0 saturated heterocycles. The van der Waals surface area contributed by atoms with Crippen LogP contribution in [0.4, 0.5) is 0 Å². The van der Waals surface area contributed by atoms with Crippen molar-refractivity contribution in [2.75, 3.05) is 21.3 Å². The van der Waals surface area contributed by atoms with Crippen LogP contribution in [0.5, 0.6) is 0 Å². The summed E-state index contributed by atoms with van der Waals surface area (Å²) in [6.07, 6.45) is -0.994. The number of carbonyl (C=O) groups excluding carboxylic acids is 3. The summed E-state index contributed by atoms with van der Waals surface area (Å²) in [7, 11) is 3.87. The number of methoxy groups -OCH3 is 1. The van der Waals surface area contributed by atoms with Crippen LogP contribution in [0.1, 0.15) is 13.3 Å². The number of aliphatic hydroxyl groups is 1.